The standard InChI is InChI=1S/C20H25N/c1-4-21-20(17-11-7-8-14(2)15(17)3)19-13-12-16-9-5-6-10-18(16)19/h5-11,19-21H,4,12-13H2,1-3H3. The minimum Gasteiger partial charge on any atom is -0.310 e. The highest BCUT2D eigenvalue weighted by Crippen LogP contribution is 2.42. The normalized spacial score (nSPS) is 18.5. The quantitative estimate of drug-likeness (QED) is 0.856. The molecule has 1 nitrogen and oxygen atoms in total. The predicted molar refractivity (Wildman–Crippen MR) is 89.8 cm³/mol. The molecule has 2 aromatic rings. The number of aryl methyl sites for hydroxylation is 2. The van der Waals surface area contributed by atoms with E-state index in [-0.39, 0.29) is 0 Å². The molecule has 0 bridgehead atoms. The molecule has 2 unspecified atom stereocenters. The maximum Gasteiger partial charge on any atom is 0.0392 e. The van der Waals surface area contributed by atoms with E-state index < -0.39 is 0 Å². The summed E-state index contributed by atoms with van der Waals surface area (Å²) in [6.07, 6.45) is 2.47. The van der Waals surface area contributed by atoms with Crippen molar-refractivity contribution in [3.8, 4) is 0 Å². The van der Waals surface area contributed by atoms with Crippen LogP contribution in [0.2, 0.25) is 0 Å². The molecule has 0 fully saturated rings. The summed E-state index contributed by atoms with van der Waals surface area (Å²) in [5.41, 5.74) is 7.38. The zero-order chi connectivity index (χ0) is 14.8. The van der Waals surface area contributed by atoms with Crippen molar-refractivity contribution in [2.45, 2.75) is 45.6 Å². The van der Waals surface area contributed by atoms with E-state index in [1.54, 1.807) is 5.56 Å². The Morgan fingerprint density at radius 2 is 1.90 bits per heavy atom. The molecule has 0 saturated heterocycles. The second kappa shape index (κ2) is 6.03. The van der Waals surface area contributed by atoms with E-state index in [1.165, 1.54) is 35.1 Å². The molecule has 110 valence electrons. The molecule has 21 heavy (non-hydrogen) atoms. The van der Waals surface area contributed by atoms with Crippen LogP contribution in [0.4, 0.5) is 0 Å². The lowest BCUT2D eigenvalue weighted by Gasteiger charge is -2.28. The van der Waals surface area contributed by atoms with E-state index in [0.29, 0.717) is 12.0 Å². The van der Waals surface area contributed by atoms with Crippen LogP contribution < -0.4 is 5.32 Å². The average Bonchev–Trinajstić information content (AvgIpc) is 2.92. The first-order valence-electron chi connectivity index (χ1n) is 8.09. The van der Waals surface area contributed by atoms with Gasteiger partial charge in [0.1, 0.15) is 0 Å². The lowest BCUT2D eigenvalue weighted by molar-refractivity contribution is 0.451. The number of hydrogen-bond acceptors (Lipinski definition) is 1. The maximum absolute atomic E-state index is 3.75. The van der Waals surface area contributed by atoms with Crippen LogP contribution in [0.5, 0.6) is 0 Å². The third kappa shape index (κ3) is 2.63. The molecular weight excluding hydrogens is 254 g/mol. The van der Waals surface area contributed by atoms with Gasteiger partial charge in [-0.2, -0.15) is 0 Å². The first-order chi connectivity index (χ1) is 10.2. The van der Waals surface area contributed by atoms with Crippen molar-refractivity contribution in [1.29, 1.82) is 0 Å². The molecule has 0 spiro atoms. The van der Waals surface area contributed by atoms with E-state index >= 15 is 0 Å². The topological polar surface area (TPSA) is 12.0 Å². The molecule has 0 aromatic heterocycles. The molecule has 0 radical (unpaired) electrons. The van der Waals surface area contributed by atoms with E-state index in [0.717, 1.165) is 6.54 Å². The highest BCUT2D eigenvalue weighted by Gasteiger charge is 2.30. The van der Waals surface area contributed by atoms with Crippen LogP contribution >= 0.6 is 0 Å². The summed E-state index contributed by atoms with van der Waals surface area (Å²) < 4.78 is 0. The van der Waals surface area contributed by atoms with Crippen molar-refractivity contribution in [2.75, 3.05) is 6.54 Å². The Balaban J connectivity index is 2.02. The van der Waals surface area contributed by atoms with Gasteiger partial charge in [0.15, 0.2) is 0 Å². The molecule has 1 aliphatic rings. The van der Waals surface area contributed by atoms with E-state index in [4.69, 9.17) is 0 Å². The molecule has 0 aliphatic heterocycles. The minimum atomic E-state index is 0.429. The van der Waals surface area contributed by atoms with Gasteiger partial charge in [-0.05, 0) is 61.1 Å². The van der Waals surface area contributed by atoms with Crippen molar-refractivity contribution in [2.24, 2.45) is 0 Å². The molecule has 2 aromatic carbocycles. The Morgan fingerprint density at radius 1 is 1.10 bits per heavy atom. The van der Waals surface area contributed by atoms with Crippen LogP contribution in [-0.4, -0.2) is 6.54 Å². The number of benzene rings is 2. The van der Waals surface area contributed by atoms with E-state index in [1.807, 2.05) is 0 Å². The largest absolute Gasteiger partial charge is 0.310 e. The zero-order valence-electron chi connectivity index (χ0n) is 13.3. The van der Waals surface area contributed by atoms with Gasteiger partial charge in [0.25, 0.3) is 0 Å². The Hall–Kier alpha value is -1.60. The summed E-state index contributed by atoms with van der Waals surface area (Å²) >= 11 is 0. The monoisotopic (exact) mass is 279 g/mol. The van der Waals surface area contributed by atoms with Gasteiger partial charge in [-0.15, -0.1) is 0 Å². The van der Waals surface area contributed by atoms with Gasteiger partial charge in [0, 0.05) is 12.0 Å². The Kier molecular flexibility index (Phi) is 4.12. The minimum absolute atomic E-state index is 0.429. The number of rotatable bonds is 4. The number of hydrogen-bond donors (Lipinski definition) is 1. The first kappa shape index (κ1) is 14.3. The number of likely N-dealkylation sites (N-methyl/N-ethyl adjacent to an activating group) is 1. The molecule has 2 atom stereocenters. The molecule has 0 heterocycles. The van der Waals surface area contributed by atoms with Gasteiger partial charge >= 0.3 is 0 Å². The van der Waals surface area contributed by atoms with Crippen molar-refractivity contribution in [3.05, 3.63) is 70.3 Å². The van der Waals surface area contributed by atoms with E-state index in [2.05, 4.69) is 68.6 Å². The summed E-state index contributed by atoms with van der Waals surface area (Å²) in [6.45, 7) is 7.69. The highest BCUT2D eigenvalue weighted by atomic mass is 14.9. The predicted octanol–water partition coefficient (Wildman–Crippen LogP) is 4.68. The van der Waals surface area contributed by atoms with Crippen molar-refractivity contribution < 1.29 is 0 Å². The van der Waals surface area contributed by atoms with Gasteiger partial charge in [0.2, 0.25) is 0 Å². The second-order valence-electron chi connectivity index (χ2n) is 6.17. The summed E-state index contributed by atoms with van der Waals surface area (Å²) in [4.78, 5) is 0. The first-order valence-corrected chi connectivity index (χ1v) is 8.09. The lowest BCUT2D eigenvalue weighted by atomic mass is 9.85. The molecule has 1 aliphatic carbocycles. The Bertz CT molecular complexity index is 629. The van der Waals surface area contributed by atoms with Crippen LogP contribution in [0.15, 0.2) is 42.5 Å². The molecule has 1 N–H and O–H groups in total. The smallest absolute Gasteiger partial charge is 0.0392 e. The number of nitrogens with one attached hydrogen (secondary N) is 1. The molecule has 0 saturated carbocycles. The third-order valence-corrected chi connectivity index (χ3v) is 4.99. The zero-order valence-corrected chi connectivity index (χ0v) is 13.3. The fourth-order valence-corrected chi connectivity index (χ4v) is 3.74. The summed E-state index contributed by atoms with van der Waals surface area (Å²) in [6, 6.07) is 16.1. The Morgan fingerprint density at radius 3 is 2.71 bits per heavy atom. The van der Waals surface area contributed by atoms with Gasteiger partial charge in [-0.25, -0.2) is 0 Å². The number of fused-ring (bicyclic) bond motifs is 1. The van der Waals surface area contributed by atoms with Crippen molar-refractivity contribution >= 4 is 0 Å². The van der Waals surface area contributed by atoms with Crippen LogP contribution in [0, 0.1) is 13.8 Å². The summed E-state index contributed by atoms with van der Waals surface area (Å²) in [5, 5.41) is 3.75. The fraction of sp³-hybridized carbons (Fsp3) is 0.400. The van der Waals surface area contributed by atoms with Crippen LogP contribution in [-0.2, 0) is 6.42 Å². The molecule has 0 amide bonds. The second-order valence-corrected chi connectivity index (χ2v) is 6.17. The molecule has 3 rings (SSSR count). The van der Waals surface area contributed by atoms with Crippen LogP contribution in [0.1, 0.15) is 53.1 Å². The Labute approximate surface area is 128 Å². The van der Waals surface area contributed by atoms with Crippen LogP contribution in [0.25, 0.3) is 0 Å². The molecule has 1 heteroatoms. The summed E-state index contributed by atoms with van der Waals surface area (Å²) in [5.74, 6) is 0.599. The molecular formula is C20H25N. The maximum atomic E-state index is 3.75. The highest BCUT2D eigenvalue weighted by molar-refractivity contribution is 5.42. The average molecular weight is 279 g/mol. The van der Waals surface area contributed by atoms with Gasteiger partial charge in [-0.1, -0.05) is 49.4 Å². The summed E-state index contributed by atoms with van der Waals surface area (Å²) in [7, 11) is 0. The van der Waals surface area contributed by atoms with Crippen molar-refractivity contribution in [1.82, 2.24) is 5.32 Å². The SMILES string of the molecule is CCNC(c1cccc(C)c1C)C1CCc2ccccc21. The fourth-order valence-electron chi connectivity index (χ4n) is 3.74. The van der Waals surface area contributed by atoms with Gasteiger partial charge in [0.05, 0.1) is 0 Å². The van der Waals surface area contributed by atoms with Gasteiger partial charge in [-0.3, -0.25) is 0 Å². The third-order valence-electron chi connectivity index (χ3n) is 4.99. The lowest BCUT2D eigenvalue weighted by Crippen LogP contribution is -2.27. The van der Waals surface area contributed by atoms with Crippen LogP contribution in [0.3, 0.4) is 0 Å². The van der Waals surface area contributed by atoms with Gasteiger partial charge < -0.3 is 5.32 Å². The van der Waals surface area contributed by atoms with Crippen molar-refractivity contribution in [3.63, 3.8) is 0 Å². The van der Waals surface area contributed by atoms with E-state index in [9.17, 15) is 0 Å².